The second-order valence-corrected chi connectivity index (χ2v) is 18.6. The molecule has 5 aromatic rings. The molecule has 310 valence electrons. The number of piperazine rings is 1. The number of benzene rings is 4. The minimum atomic E-state index is -4.26. The Hall–Kier alpha value is -4.73. The van der Waals surface area contributed by atoms with Gasteiger partial charge in [0.15, 0.2) is 5.82 Å². The molecule has 59 heavy (non-hydrogen) atoms. The number of aromatic nitrogens is 2. The van der Waals surface area contributed by atoms with Crippen molar-refractivity contribution in [2.24, 2.45) is 0 Å². The molecule has 12 nitrogen and oxygen atoms in total. The van der Waals surface area contributed by atoms with Crippen LogP contribution in [0, 0.1) is 10.1 Å². The Morgan fingerprint density at radius 2 is 1.68 bits per heavy atom. The molecule has 0 saturated carbocycles. The fourth-order valence-electron chi connectivity index (χ4n) is 7.76. The zero-order chi connectivity index (χ0) is 41.4. The molecular formula is C44H51ClN8O4S2. The lowest BCUT2D eigenvalue weighted by molar-refractivity contribution is -0.384. The minimum Gasteiger partial charge on any atom is -0.376 e. The van der Waals surface area contributed by atoms with E-state index in [0.29, 0.717) is 16.7 Å². The summed E-state index contributed by atoms with van der Waals surface area (Å²) in [5, 5.41) is 16.9. The average molecular weight is 856 g/mol. The number of nitro groups is 1. The SMILES string of the molecule is CN(C)CCC(CSc1ccccc1)Nc1ccc(S(=O)(=O)Nc2ncnc3cc(N4CCN(CC5=C(c6ccc(Cl)cc6)CCCCC5)CC4)ccc23)cc1[N+](=O)[O-]. The molecule has 0 radical (unpaired) electrons. The standard InChI is InChI=1S/C44H51ClN8O4S2/c1-50(2)22-21-35(30-58-37-10-6-4-7-11-37)48-41-20-18-38(28-43(41)53(54)55)59(56,57)49-44-40-19-17-36(27-42(40)46-31-47-44)52-25-23-51(24-26-52)29-33-9-5-3-8-12-39(33)32-13-15-34(45)16-14-32/h4,6-7,10-11,13-20,27-28,31,35,48H,3,5,8-9,12,21-26,29-30H2,1-2H3,(H,46,47,49). The number of nitrogens with zero attached hydrogens (tertiary/aromatic N) is 6. The van der Waals surface area contributed by atoms with Crippen LogP contribution in [0.25, 0.3) is 16.5 Å². The van der Waals surface area contributed by atoms with Gasteiger partial charge in [-0.25, -0.2) is 18.4 Å². The normalized spacial score (nSPS) is 16.0. The Morgan fingerprint density at radius 1 is 0.915 bits per heavy atom. The Labute approximate surface area is 356 Å². The van der Waals surface area contributed by atoms with E-state index in [9.17, 15) is 18.5 Å². The van der Waals surface area contributed by atoms with Crippen molar-refractivity contribution in [3.8, 4) is 0 Å². The van der Waals surface area contributed by atoms with Gasteiger partial charge in [-0.05, 0) is 118 Å². The van der Waals surface area contributed by atoms with Gasteiger partial charge in [-0.2, -0.15) is 0 Å². The summed E-state index contributed by atoms with van der Waals surface area (Å²) in [4.78, 5) is 28.3. The van der Waals surface area contributed by atoms with Gasteiger partial charge in [0.25, 0.3) is 15.7 Å². The monoisotopic (exact) mass is 854 g/mol. The van der Waals surface area contributed by atoms with Crippen LogP contribution in [0.4, 0.5) is 22.9 Å². The van der Waals surface area contributed by atoms with Crippen LogP contribution in [-0.2, 0) is 10.0 Å². The van der Waals surface area contributed by atoms with Crippen molar-refractivity contribution in [3.63, 3.8) is 0 Å². The van der Waals surface area contributed by atoms with E-state index < -0.39 is 14.9 Å². The van der Waals surface area contributed by atoms with Gasteiger partial charge in [0.2, 0.25) is 0 Å². The van der Waals surface area contributed by atoms with E-state index in [0.717, 1.165) is 80.2 Å². The van der Waals surface area contributed by atoms with Crippen molar-refractivity contribution in [3.05, 3.63) is 124 Å². The van der Waals surface area contributed by atoms with Crippen molar-refractivity contribution < 1.29 is 13.3 Å². The Bertz CT molecular complexity index is 2370. The van der Waals surface area contributed by atoms with E-state index in [-0.39, 0.29) is 28.1 Å². The second-order valence-electron chi connectivity index (χ2n) is 15.4. The van der Waals surface area contributed by atoms with Gasteiger partial charge in [-0.15, -0.1) is 11.8 Å². The molecule has 2 aliphatic rings. The van der Waals surface area contributed by atoms with E-state index in [4.69, 9.17) is 11.6 Å². The molecule has 4 aromatic carbocycles. The first-order valence-electron chi connectivity index (χ1n) is 20.1. The van der Waals surface area contributed by atoms with Crippen LogP contribution in [-0.4, -0.2) is 98.3 Å². The van der Waals surface area contributed by atoms with Gasteiger partial charge >= 0.3 is 0 Å². The lowest BCUT2D eigenvalue weighted by atomic mass is 9.95. The third-order valence-electron chi connectivity index (χ3n) is 11.0. The van der Waals surface area contributed by atoms with Gasteiger partial charge < -0.3 is 15.1 Å². The third kappa shape index (κ3) is 11.1. The van der Waals surface area contributed by atoms with Crippen LogP contribution < -0.4 is 14.9 Å². The smallest absolute Gasteiger partial charge is 0.293 e. The van der Waals surface area contributed by atoms with Crippen molar-refractivity contribution in [1.29, 1.82) is 0 Å². The van der Waals surface area contributed by atoms with Gasteiger partial charge in [0.05, 0.1) is 15.3 Å². The largest absolute Gasteiger partial charge is 0.376 e. The molecule has 0 amide bonds. The summed E-state index contributed by atoms with van der Waals surface area (Å²) in [5.41, 5.74) is 5.83. The zero-order valence-corrected chi connectivity index (χ0v) is 35.9. The summed E-state index contributed by atoms with van der Waals surface area (Å²) in [6, 6.07) is 27.9. The fourth-order valence-corrected chi connectivity index (χ4v) is 9.93. The van der Waals surface area contributed by atoms with Crippen molar-refractivity contribution >= 4 is 72.7 Å². The van der Waals surface area contributed by atoms with E-state index in [1.165, 1.54) is 54.4 Å². The van der Waals surface area contributed by atoms with E-state index in [2.05, 4.69) is 46.8 Å². The second kappa shape index (κ2) is 19.6. The Balaban J connectivity index is 1.02. The summed E-state index contributed by atoms with van der Waals surface area (Å²) in [6.45, 7) is 5.29. The number of nitro benzene ring substituents is 1. The third-order valence-corrected chi connectivity index (χ3v) is 13.7. The van der Waals surface area contributed by atoms with Crippen LogP contribution in [0.3, 0.4) is 0 Å². The topological polar surface area (TPSA) is 137 Å². The van der Waals surface area contributed by atoms with Crippen molar-refractivity contribution in [2.45, 2.75) is 54.4 Å². The molecule has 0 bridgehead atoms. The summed E-state index contributed by atoms with van der Waals surface area (Å²) < 4.78 is 30.1. The van der Waals surface area contributed by atoms with Gasteiger partial charge in [-0.3, -0.25) is 19.7 Å². The van der Waals surface area contributed by atoms with Gasteiger partial charge in [0, 0.05) is 71.6 Å². The van der Waals surface area contributed by atoms with E-state index in [1.54, 1.807) is 11.8 Å². The maximum atomic E-state index is 13.8. The molecule has 1 fully saturated rings. The number of halogens is 1. The van der Waals surface area contributed by atoms with Crippen molar-refractivity contribution in [1.82, 2.24) is 19.8 Å². The summed E-state index contributed by atoms with van der Waals surface area (Å²) in [6.07, 6.45) is 7.98. The highest BCUT2D eigenvalue weighted by Gasteiger charge is 2.26. The predicted octanol–water partition coefficient (Wildman–Crippen LogP) is 9.06. The molecule has 2 N–H and O–H groups in total. The van der Waals surface area contributed by atoms with E-state index in [1.807, 2.05) is 74.8 Å². The van der Waals surface area contributed by atoms with E-state index >= 15 is 0 Å². The summed E-state index contributed by atoms with van der Waals surface area (Å²) in [7, 11) is -0.296. The highest BCUT2D eigenvalue weighted by atomic mass is 35.5. The fraction of sp³-hybridized carbons (Fsp3) is 0.364. The van der Waals surface area contributed by atoms with Crippen LogP contribution >= 0.6 is 23.4 Å². The lowest BCUT2D eigenvalue weighted by Crippen LogP contribution is -2.47. The van der Waals surface area contributed by atoms with Crippen LogP contribution in [0.1, 0.15) is 44.1 Å². The average Bonchev–Trinajstić information content (AvgIpc) is 3.47. The lowest BCUT2D eigenvalue weighted by Gasteiger charge is -2.37. The number of rotatable bonds is 16. The molecule has 15 heteroatoms. The molecule has 7 rings (SSSR count). The number of nitrogens with one attached hydrogen (secondary N) is 2. The molecule has 1 unspecified atom stereocenters. The molecule has 1 aliphatic carbocycles. The predicted molar refractivity (Wildman–Crippen MR) is 241 cm³/mol. The number of hydrogen-bond acceptors (Lipinski definition) is 11. The van der Waals surface area contributed by atoms with Gasteiger partial charge in [0.1, 0.15) is 12.0 Å². The molecule has 0 spiro atoms. The molecule has 2 heterocycles. The van der Waals surface area contributed by atoms with Crippen LogP contribution in [0.5, 0.6) is 0 Å². The number of allylic oxidation sites excluding steroid dienone is 1. The first kappa shape index (κ1) is 42.4. The first-order chi connectivity index (χ1) is 28.5. The first-order valence-corrected chi connectivity index (χ1v) is 23.0. The maximum absolute atomic E-state index is 13.8. The molecule has 1 atom stereocenters. The van der Waals surface area contributed by atoms with Crippen LogP contribution in [0.2, 0.25) is 5.02 Å². The number of hydrogen-bond donors (Lipinski definition) is 2. The Kier molecular flexibility index (Phi) is 14.1. The molecule has 1 saturated heterocycles. The minimum absolute atomic E-state index is 0.103. The highest BCUT2D eigenvalue weighted by molar-refractivity contribution is 7.99. The highest BCUT2D eigenvalue weighted by Crippen LogP contribution is 2.34. The molecule has 1 aliphatic heterocycles. The number of thioether (sulfide) groups is 1. The van der Waals surface area contributed by atoms with Crippen molar-refractivity contribution in [2.75, 3.05) is 74.1 Å². The summed E-state index contributed by atoms with van der Waals surface area (Å²) >= 11 is 7.86. The number of fused-ring (bicyclic) bond motifs is 1. The molecular weight excluding hydrogens is 804 g/mol. The maximum Gasteiger partial charge on any atom is 0.293 e. The van der Waals surface area contributed by atoms with Crippen LogP contribution in [0.15, 0.2) is 113 Å². The quantitative estimate of drug-likeness (QED) is 0.0559. The Morgan fingerprint density at radius 3 is 2.42 bits per heavy atom. The molecule has 1 aromatic heterocycles. The number of sulfonamides is 1. The number of anilines is 3. The van der Waals surface area contributed by atoms with Gasteiger partial charge in [-0.1, -0.05) is 53.9 Å². The zero-order valence-electron chi connectivity index (χ0n) is 33.5. The summed E-state index contributed by atoms with van der Waals surface area (Å²) in [5.74, 6) is 0.770.